The number of alkyl carbamates (subject to hydrolysis) is 1. The number of carboxylic acids is 1. The third kappa shape index (κ3) is 12.3. The first-order valence-electron chi connectivity index (χ1n) is 18.2. The Morgan fingerprint density at radius 1 is 0.792 bits per heavy atom. The molecule has 0 aliphatic heterocycles. The second-order valence-electron chi connectivity index (χ2n) is 16.1. The lowest BCUT2D eigenvalue weighted by molar-refractivity contribution is -0.142. The van der Waals surface area contributed by atoms with Crippen molar-refractivity contribution in [1.82, 2.24) is 5.32 Å². The van der Waals surface area contributed by atoms with Crippen molar-refractivity contribution in [2.75, 3.05) is 0 Å². The fraction of sp³-hybridized carbons (Fsp3) is 0.386. The Morgan fingerprint density at radius 3 is 1.96 bits per heavy atom. The highest BCUT2D eigenvalue weighted by Gasteiger charge is 2.42. The highest BCUT2D eigenvalue weighted by atomic mass is 28.4. The molecule has 0 aliphatic carbocycles. The smallest absolute Gasteiger partial charge is 0.407 e. The van der Waals surface area contributed by atoms with Crippen molar-refractivity contribution in [2.24, 2.45) is 5.92 Å². The summed E-state index contributed by atoms with van der Waals surface area (Å²) in [6, 6.07) is 34.4. The van der Waals surface area contributed by atoms with Gasteiger partial charge in [0.25, 0.3) is 0 Å². The van der Waals surface area contributed by atoms with E-state index in [9.17, 15) is 20.0 Å². The summed E-state index contributed by atoms with van der Waals surface area (Å²) in [6.07, 6.45) is -0.412. The molecular weight excluding hydrogens is 681 g/mol. The van der Waals surface area contributed by atoms with E-state index in [2.05, 4.69) is 45.3 Å². The highest BCUT2D eigenvalue weighted by Crippen LogP contribution is 2.39. The number of amides is 1. The van der Waals surface area contributed by atoms with Crippen LogP contribution < -0.4 is 10.1 Å². The van der Waals surface area contributed by atoms with Gasteiger partial charge in [0, 0.05) is 0 Å². The van der Waals surface area contributed by atoms with E-state index in [-0.39, 0.29) is 17.9 Å². The summed E-state index contributed by atoms with van der Waals surface area (Å²) in [7, 11) is -2.48. The maximum atomic E-state index is 13.4. The summed E-state index contributed by atoms with van der Waals surface area (Å²) >= 11 is 0. The minimum atomic E-state index is -2.48. The first kappa shape index (κ1) is 40.9. The van der Waals surface area contributed by atoms with Gasteiger partial charge in [-0.05, 0) is 104 Å². The molecule has 4 aromatic rings. The second kappa shape index (κ2) is 17.7. The third-order valence-electron chi connectivity index (χ3n) is 9.69. The van der Waals surface area contributed by atoms with Gasteiger partial charge in [-0.15, -0.1) is 0 Å². The van der Waals surface area contributed by atoms with Gasteiger partial charge in [-0.2, -0.15) is 5.26 Å². The highest BCUT2D eigenvalue weighted by molar-refractivity contribution is 6.74. The number of nitrogens with one attached hydrogen (secondary N) is 1. The Bertz CT molecular complexity index is 1840. The molecule has 53 heavy (non-hydrogen) atoms. The van der Waals surface area contributed by atoms with Gasteiger partial charge in [0.05, 0.1) is 29.7 Å². The van der Waals surface area contributed by atoms with Crippen LogP contribution in [0.5, 0.6) is 5.75 Å². The zero-order valence-electron chi connectivity index (χ0n) is 32.3. The Hall–Kier alpha value is -4.91. The van der Waals surface area contributed by atoms with Crippen molar-refractivity contribution in [3.63, 3.8) is 0 Å². The molecule has 0 saturated carbocycles. The number of aliphatic carboxylic acids is 1. The Labute approximate surface area is 316 Å². The molecule has 0 radical (unpaired) electrons. The van der Waals surface area contributed by atoms with E-state index in [0.29, 0.717) is 18.6 Å². The van der Waals surface area contributed by atoms with Crippen LogP contribution in [-0.2, 0) is 33.4 Å². The molecule has 3 unspecified atom stereocenters. The summed E-state index contributed by atoms with van der Waals surface area (Å²) in [5.41, 5.74) is 4.41. The average molecular weight is 735 g/mol. The summed E-state index contributed by atoms with van der Waals surface area (Å²) < 4.78 is 18.8. The van der Waals surface area contributed by atoms with Gasteiger partial charge < -0.3 is 24.3 Å². The number of nitriles is 1. The molecule has 1 amide bonds. The zero-order valence-corrected chi connectivity index (χ0v) is 33.3. The molecular formula is C44H54N2O6Si. The van der Waals surface area contributed by atoms with Crippen molar-refractivity contribution in [3.05, 3.63) is 125 Å². The molecule has 0 aromatic heterocycles. The number of carbonyl (C=O) groups is 2. The molecule has 0 spiro atoms. The lowest BCUT2D eigenvalue weighted by Gasteiger charge is -2.42. The van der Waals surface area contributed by atoms with E-state index in [4.69, 9.17) is 13.9 Å². The number of benzene rings is 4. The van der Waals surface area contributed by atoms with Crippen molar-refractivity contribution in [1.29, 1.82) is 5.26 Å². The van der Waals surface area contributed by atoms with Gasteiger partial charge in [-0.1, -0.05) is 106 Å². The SMILES string of the molecule is CC(C)(C)OC(=O)NC(Cc1ccc(OCc2ccccc2)cc1)C(CC(Cc1ccc(-c2ccccc2C#N)cc1)C(=O)O)O[Si](C)(C)C(C)(C)C. The number of hydrogen-bond donors (Lipinski definition) is 2. The van der Waals surface area contributed by atoms with E-state index in [1.165, 1.54) is 0 Å². The average Bonchev–Trinajstić information content (AvgIpc) is 3.09. The van der Waals surface area contributed by atoms with Crippen LogP contribution >= 0.6 is 0 Å². The van der Waals surface area contributed by atoms with E-state index < -0.39 is 44.0 Å². The normalized spacial score (nSPS) is 13.6. The number of nitrogens with zero attached hydrogens (tertiary/aromatic N) is 1. The molecule has 9 heteroatoms. The predicted molar refractivity (Wildman–Crippen MR) is 212 cm³/mol. The van der Waals surface area contributed by atoms with Crippen molar-refractivity contribution in [3.8, 4) is 22.9 Å². The summed E-state index contributed by atoms with van der Waals surface area (Å²) in [5, 5.41) is 23.1. The number of hydrogen-bond acceptors (Lipinski definition) is 6. The van der Waals surface area contributed by atoms with Crippen molar-refractivity contribution < 1.29 is 28.6 Å². The minimum Gasteiger partial charge on any atom is -0.489 e. The molecule has 8 nitrogen and oxygen atoms in total. The summed E-state index contributed by atoms with van der Waals surface area (Å²) in [5.74, 6) is -1.03. The zero-order chi connectivity index (χ0) is 38.8. The largest absolute Gasteiger partial charge is 0.489 e. The van der Waals surface area contributed by atoms with E-state index >= 15 is 0 Å². The molecule has 0 fully saturated rings. The van der Waals surface area contributed by atoms with Crippen LogP contribution in [0.1, 0.15) is 70.2 Å². The molecule has 3 atom stereocenters. The fourth-order valence-electron chi connectivity index (χ4n) is 5.79. The van der Waals surface area contributed by atoms with Gasteiger partial charge >= 0.3 is 12.1 Å². The summed E-state index contributed by atoms with van der Waals surface area (Å²) in [4.78, 5) is 26.3. The molecule has 2 N–H and O–H groups in total. The lowest BCUT2D eigenvalue weighted by Crippen LogP contribution is -2.54. The van der Waals surface area contributed by atoms with Crippen LogP contribution in [-0.4, -0.2) is 43.2 Å². The van der Waals surface area contributed by atoms with Crippen LogP contribution in [0.3, 0.4) is 0 Å². The molecule has 0 bridgehead atoms. The molecule has 4 aromatic carbocycles. The number of rotatable bonds is 15. The van der Waals surface area contributed by atoms with Gasteiger partial charge in [-0.25, -0.2) is 4.79 Å². The summed E-state index contributed by atoms with van der Waals surface area (Å²) in [6.45, 7) is 16.6. The first-order valence-corrected chi connectivity index (χ1v) is 21.1. The number of carbonyl (C=O) groups excluding carboxylic acids is 1. The van der Waals surface area contributed by atoms with Crippen LogP contribution in [0.2, 0.25) is 18.1 Å². The van der Waals surface area contributed by atoms with Gasteiger partial charge in [0.15, 0.2) is 8.32 Å². The lowest BCUT2D eigenvalue weighted by atomic mass is 9.89. The maximum absolute atomic E-state index is 13.4. The Kier molecular flexibility index (Phi) is 13.7. The third-order valence-corrected chi connectivity index (χ3v) is 14.2. The van der Waals surface area contributed by atoms with E-state index in [0.717, 1.165) is 33.6 Å². The number of carboxylic acid groups (broad SMARTS) is 1. The number of ether oxygens (including phenoxy) is 2. The van der Waals surface area contributed by atoms with E-state index in [1.54, 1.807) is 6.07 Å². The standard InChI is InChI=1S/C44H54N2O6Si/c1-43(2,3)51-42(49)46-39(27-32-20-24-37(25-21-32)50-30-33-14-10-9-11-15-33)40(52-53(7,8)44(4,5)6)28-36(41(47)48)26-31-18-22-34(23-19-31)38-17-13-12-16-35(38)29-45/h9-25,36,39-40H,26-28,30H2,1-8H3,(H,46,49)(H,47,48). The molecule has 0 heterocycles. The van der Waals surface area contributed by atoms with Gasteiger partial charge in [0.1, 0.15) is 18.0 Å². The molecule has 280 valence electrons. The van der Waals surface area contributed by atoms with Crippen LogP contribution in [0.25, 0.3) is 11.1 Å². The fourth-order valence-corrected chi connectivity index (χ4v) is 7.16. The Balaban J connectivity index is 1.63. The minimum absolute atomic E-state index is 0.166. The topological polar surface area (TPSA) is 118 Å². The quantitative estimate of drug-likeness (QED) is 0.117. The van der Waals surface area contributed by atoms with Gasteiger partial charge in [0.2, 0.25) is 0 Å². The van der Waals surface area contributed by atoms with Gasteiger partial charge in [-0.3, -0.25) is 4.79 Å². The first-order chi connectivity index (χ1) is 24.9. The van der Waals surface area contributed by atoms with Crippen molar-refractivity contribution >= 4 is 20.4 Å². The van der Waals surface area contributed by atoms with Crippen LogP contribution in [0, 0.1) is 17.2 Å². The van der Waals surface area contributed by atoms with Crippen LogP contribution in [0.4, 0.5) is 4.79 Å². The maximum Gasteiger partial charge on any atom is 0.407 e. The Morgan fingerprint density at radius 2 is 1.38 bits per heavy atom. The van der Waals surface area contributed by atoms with E-state index in [1.807, 2.05) is 118 Å². The monoisotopic (exact) mass is 734 g/mol. The molecule has 4 rings (SSSR count). The van der Waals surface area contributed by atoms with Crippen LogP contribution in [0.15, 0.2) is 103 Å². The predicted octanol–water partition coefficient (Wildman–Crippen LogP) is 9.96. The van der Waals surface area contributed by atoms with Crippen molar-refractivity contribution in [2.45, 2.75) is 103 Å². The molecule has 0 saturated heterocycles. The second-order valence-corrected chi connectivity index (χ2v) is 20.9. The molecule has 0 aliphatic rings.